The van der Waals surface area contributed by atoms with Crippen molar-refractivity contribution in [2.24, 2.45) is 5.84 Å². The number of anilines is 3. The predicted molar refractivity (Wildman–Crippen MR) is 73.6 cm³/mol. The van der Waals surface area contributed by atoms with Crippen LogP contribution in [0.15, 0.2) is 47.4 Å². The fourth-order valence-corrected chi connectivity index (χ4v) is 1.89. The number of nitrogens with two attached hydrogens (primary N) is 1. The van der Waals surface area contributed by atoms with E-state index in [0.717, 1.165) is 11.5 Å². The average molecular weight is 246 g/mol. The molecule has 1 aromatic heterocycles. The number of nitrogens with one attached hydrogen (secondary N) is 2. The van der Waals surface area contributed by atoms with Crippen LogP contribution >= 0.6 is 11.8 Å². The molecule has 17 heavy (non-hydrogen) atoms. The highest BCUT2D eigenvalue weighted by molar-refractivity contribution is 7.98. The van der Waals surface area contributed by atoms with Gasteiger partial charge in [-0.15, -0.1) is 11.8 Å². The van der Waals surface area contributed by atoms with Crippen LogP contribution in [0.1, 0.15) is 0 Å². The molecule has 4 nitrogen and oxygen atoms in total. The predicted octanol–water partition coefficient (Wildman–Crippen LogP) is 2.83. The Hall–Kier alpha value is -1.72. The topological polar surface area (TPSA) is 63.0 Å². The molecule has 88 valence electrons. The molecular formula is C12H14N4S. The molecule has 0 unspecified atom stereocenters. The molecule has 5 heteroatoms. The molecule has 0 spiro atoms. The third kappa shape index (κ3) is 3.12. The number of nitrogen functional groups attached to an aromatic ring is 1. The molecular weight excluding hydrogens is 232 g/mol. The maximum atomic E-state index is 5.31. The minimum Gasteiger partial charge on any atom is -0.340 e. The van der Waals surface area contributed by atoms with Crippen molar-refractivity contribution in [3.63, 3.8) is 0 Å². The molecule has 0 aliphatic heterocycles. The lowest BCUT2D eigenvalue weighted by atomic mass is 10.3. The summed E-state index contributed by atoms with van der Waals surface area (Å²) in [6, 6.07) is 13.8. The van der Waals surface area contributed by atoms with Crippen molar-refractivity contribution >= 4 is 29.1 Å². The number of thioether (sulfide) groups is 1. The molecule has 0 radical (unpaired) electrons. The number of aromatic nitrogens is 1. The summed E-state index contributed by atoms with van der Waals surface area (Å²) in [7, 11) is 0. The van der Waals surface area contributed by atoms with Crippen molar-refractivity contribution in [2.45, 2.75) is 4.90 Å². The minimum absolute atomic E-state index is 0.635. The van der Waals surface area contributed by atoms with Crippen molar-refractivity contribution in [2.75, 3.05) is 17.0 Å². The van der Waals surface area contributed by atoms with Gasteiger partial charge in [-0.2, -0.15) is 0 Å². The first-order valence-electron chi connectivity index (χ1n) is 5.16. The first kappa shape index (κ1) is 11.8. The number of pyridine rings is 1. The largest absolute Gasteiger partial charge is 0.340 e. The summed E-state index contributed by atoms with van der Waals surface area (Å²) < 4.78 is 0. The maximum Gasteiger partial charge on any atom is 0.142 e. The van der Waals surface area contributed by atoms with Gasteiger partial charge in [0.1, 0.15) is 11.6 Å². The Bertz CT molecular complexity index is 456. The summed E-state index contributed by atoms with van der Waals surface area (Å²) in [5.41, 5.74) is 3.53. The summed E-state index contributed by atoms with van der Waals surface area (Å²) in [6.45, 7) is 0. The second-order valence-corrected chi connectivity index (χ2v) is 4.29. The third-order valence-corrected chi connectivity index (χ3v) is 2.96. The number of hydrogen-bond acceptors (Lipinski definition) is 5. The van der Waals surface area contributed by atoms with Crippen molar-refractivity contribution in [1.82, 2.24) is 4.98 Å². The number of hydrogen-bond donors (Lipinski definition) is 3. The van der Waals surface area contributed by atoms with Crippen molar-refractivity contribution in [3.8, 4) is 0 Å². The van der Waals surface area contributed by atoms with Crippen LogP contribution in [0.5, 0.6) is 0 Å². The smallest absolute Gasteiger partial charge is 0.142 e. The lowest BCUT2D eigenvalue weighted by Gasteiger charge is -2.08. The second kappa shape index (κ2) is 5.56. The van der Waals surface area contributed by atoms with E-state index < -0.39 is 0 Å². The van der Waals surface area contributed by atoms with Crippen LogP contribution < -0.4 is 16.6 Å². The second-order valence-electron chi connectivity index (χ2n) is 3.41. The summed E-state index contributed by atoms with van der Waals surface area (Å²) in [6.07, 6.45) is 2.05. The minimum atomic E-state index is 0.635. The van der Waals surface area contributed by atoms with Crippen LogP contribution in [0.2, 0.25) is 0 Å². The first-order chi connectivity index (χ1) is 8.31. The lowest BCUT2D eigenvalue weighted by Crippen LogP contribution is -2.08. The van der Waals surface area contributed by atoms with Crippen molar-refractivity contribution < 1.29 is 0 Å². The molecule has 0 amide bonds. The molecule has 2 aromatic rings. The Morgan fingerprint density at radius 3 is 2.65 bits per heavy atom. The van der Waals surface area contributed by atoms with Crippen LogP contribution in [0, 0.1) is 0 Å². The number of hydrazine groups is 1. The lowest BCUT2D eigenvalue weighted by molar-refractivity contribution is 1.22. The van der Waals surface area contributed by atoms with Gasteiger partial charge in [-0.05, 0) is 36.6 Å². The van der Waals surface area contributed by atoms with E-state index in [1.54, 1.807) is 11.8 Å². The van der Waals surface area contributed by atoms with Crippen molar-refractivity contribution in [3.05, 3.63) is 42.5 Å². The summed E-state index contributed by atoms with van der Waals surface area (Å²) in [5, 5.41) is 3.23. The van der Waals surface area contributed by atoms with E-state index in [4.69, 9.17) is 5.84 Å². The Labute approximate surface area is 105 Å². The van der Waals surface area contributed by atoms with E-state index in [9.17, 15) is 0 Å². The number of rotatable bonds is 4. The fraction of sp³-hybridized carbons (Fsp3) is 0.0833. The molecule has 0 saturated carbocycles. The highest BCUT2D eigenvalue weighted by Crippen LogP contribution is 2.21. The van der Waals surface area contributed by atoms with E-state index in [0.29, 0.717) is 5.82 Å². The number of nitrogens with zero attached hydrogens (tertiary/aromatic N) is 1. The van der Waals surface area contributed by atoms with Crippen molar-refractivity contribution in [1.29, 1.82) is 0 Å². The molecule has 0 aliphatic carbocycles. The molecule has 4 N–H and O–H groups in total. The van der Waals surface area contributed by atoms with Gasteiger partial charge in [0.15, 0.2) is 0 Å². The molecule has 1 aromatic carbocycles. The summed E-state index contributed by atoms with van der Waals surface area (Å²) in [5.74, 6) is 6.71. The zero-order chi connectivity index (χ0) is 12.1. The Balaban J connectivity index is 2.18. The van der Waals surface area contributed by atoms with E-state index in [1.165, 1.54) is 4.90 Å². The highest BCUT2D eigenvalue weighted by atomic mass is 32.2. The molecule has 0 saturated heterocycles. The van der Waals surface area contributed by atoms with Gasteiger partial charge in [0.05, 0.1) is 0 Å². The average Bonchev–Trinajstić information content (AvgIpc) is 2.39. The van der Waals surface area contributed by atoms with Gasteiger partial charge in [-0.1, -0.05) is 12.1 Å². The zero-order valence-electron chi connectivity index (χ0n) is 9.47. The van der Waals surface area contributed by atoms with Crippen LogP contribution in [-0.4, -0.2) is 11.2 Å². The maximum absolute atomic E-state index is 5.31. The van der Waals surface area contributed by atoms with Gasteiger partial charge in [-0.25, -0.2) is 10.8 Å². The van der Waals surface area contributed by atoms with E-state index in [2.05, 4.69) is 34.1 Å². The molecule has 0 atom stereocenters. The monoisotopic (exact) mass is 246 g/mol. The van der Waals surface area contributed by atoms with E-state index >= 15 is 0 Å². The highest BCUT2D eigenvalue weighted by Gasteiger charge is 1.98. The molecule has 2 rings (SSSR count). The van der Waals surface area contributed by atoms with E-state index in [-0.39, 0.29) is 0 Å². The standard InChI is InChI=1S/C12H14N4S/c1-17-10-5-2-4-9(8-10)14-11-6-3-7-12(15-11)16-13/h2-8H,13H2,1H3,(H2,14,15,16). The normalized spacial score (nSPS) is 10.0. The molecule has 0 bridgehead atoms. The van der Waals surface area contributed by atoms with Crippen LogP contribution in [-0.2, 0) is 0 Å². The van der Waals surface area contributed by atoms with Crippen LogP contribution in [0.3, 0.4) is 0 Å². The van der Waals surface area contributed by atoms with Gasteiger partial charge in [-0.3, -0.25) is 0 Å². The number of benzene rings is 1. The first-order valence-corrected chi connectivity index (χ1v) is 6.39. The fourth-order valence-electron chi connectivity index (χ4n) is 1.43. The summed E-state index contributed by atoms with van der Waals surface area (Å²) in [4.78, 5) is 5.50. The molecule has 1 heterocycles. The zero-order valence-corrected chi connectivity index (χ0v) is 10.3. The van der Waals surface area contributed by atoms with E-state index in [1.807, 2.05) is 30.3 Å². The molecule has 0 aliphatic rings. The Kier molecular flexibility index (Phi) is 3.85. The van der Waals surface area contributed by atoms with Gasteiger partial charge >= 0.3 is 0 Å². The quantitative estimate of drug-likeness (QED) is 0.440. The Morgan fingerprint density at radius 2 is 1.88 bits per heavy atom. The molecule has 0 fully saturated rings. The third-order valence-electron chi connectivity index (χ3n) is 2.24. The van der Waals surface area contributed by atoms with Crippen LogP contribution in [0.4, 0.5) is 17.3 Å². The van der Waals surface area contributed by atoms with Gasteiger partial charge in [0.2, 0.25) is 0 Å². The van der Waals surface area contributed by atoms with Gasteiger partial charge in [0.25, 0.3) is 0 Å². The summed E-state index contributed by atoms with van der Waals surface area (Å²) >= 11 is 1.71. The Morgan fingerprint density at radius 1 is 1.12 bits per heavy atom. The van der Waals surface area contributed by atoms with Crippen LogP contribution in [0.25, 0.3) is 0 Å². The van der Waals surface area contributed by atoms with Gasteiger partial charge in [0, 0.05) is 10.6 Å². The SMILES string of the molecule is CSc1cccc(Nc2cccc(NN)n2)c1. The van der Waals surface area contributed by atoms with Gasteiger partial charge < -0.3 is 10.7 Å².